The highest BCUT2D eigenvalue weighted by atomic mass is 16.5. The van der Waals surface area contributed by atoms with Gasteiger partial charge in [0.2, 0.25) is 0 Å². The zero-order chi connectivity index (χ0) is 15.8. The molecule has 0 bridgehead atoms. The number of hydrogen-bond acceptors (Lipinski definition) is 5. The third-order valence-corrected chi connectivity index (χ3v) is 2.56. The molecule has 2 amide bonds. The van der Waals surface area contributed by atoms with E-state index in [1.807, 2.05) is 0 Å². The van der Waals surface area contributed by atoms with Crippen molar-refractivity contribution in [1.82, 2.24) is 10.4 Å². The third-order valence-electron chi connectivity index (χ3n) is 2.56. The van der Waals surface area contributed by atoms with Crippen LogP contribution in [0.25, 0.3) is 0 Å². The van der Waals surface area contributed by atoms with Crippen LogP contribution in [-0.4, -0.2) is 29.6 Å². The number of nitrogens with one attached hydrogen (secondary N) is 1. The molecule has 2 aromatic rings. The van der Waals surface area contributed by atoms with E-state index in [1.54, 1.807) is 42.5 Å². The van der Waals surface area contributed by atoms with E-state index in [2.05, 4.69) is 15.5 Å². The average molecular weight is 298 g/mol. The molecule has 2 rings (SSSR count). The van der Waals surface area contributed by atoms with Gasteiger partial charge in [-0.2, -0.15) is 5.10 Å². The van der Waals surface area contributed by atoms with Crippen LogP contribution in [0.3, 0.4) is 0 Å². The summed E-state index contributed by atoms with van der Waals surface area (Å²) in [5.74, 6) is -0.556. The number of rotatable bonds is 6. The number of hydrazone groups is 1. The Morgan fingerprint density at radius 2 is 2.00 bits per heavy atom. The summed E-state index contributed by atoms with van der Waals surface area (Å²) in [6, 6.07) is 11.9. The highest BCUT2D eigenvalue weighted by molar-refractivity contribution is 5.93. The van der Waals surface area contributed by atoms with E-state index >= 15 is 0 Å². The van der Waals surface area contributed by atoms with Gasteiger partial charge in [-0.05, 0) is 24.3 Å². The van der Waals surface area contributed by atoms with E-state index in [9.17, 15) is 9.59 Å². The van der Waals surface area contributed by atoms with Gasteiger partial charge in [-0.25, -0.2) is 5.43 Å². The monoisotopic (exact) mass is 298 g/mol. The normalized spacial score (nSPS) is 10.4. The number of benzene rings is 1. The van der Waals surface area contributed by atoms with Crippen LogP contribution in [-0.2, 0) is 4.79 Å². The molecule has 7 nitrogen and oxygen atoms in total. The molecule has 0 aliphatic rings. The zero-order valence-corrected chi connectivity index (χ0v) is 11.6. The summed E-state index contributed by atoms with van der Waals surface area (Å²) in [4.78, 5) is 26.4. The second kappa shape index (κ2) is 7.53. The molecule has 22 heavy (non-hydrogen) atoms. The summed E-state index contributed by atoms with van der Waals surface area (Å²) in [7, 11) is 0. The number of pyridine rings is 1. The third kappa shape index (κ3) is 4.41. The number of nitrogens with two attached hydrogens (primary N) is 1. The predicted molar refractivity (Wildman–Crippen MR) is 80.4 cm³/mol. The lowest BCUT2D eigenvalue weighted by molar-refractivity contribution is -0.119. The lowest BCUT2D eigenvalue weighted by atomic mass is 10.2. The first-order valence-corrected chi connectivity index (χ1v) is 6.41. The number of aromatic nitrogens is 1. The smallest absolute Gasteiger partial charge is 0.289 e. The average Bonchev–Trinajstić information content (AvgIpc) is 2.54. The predicted octanol–water partition coefficient (Wildman–Crippen LogP) is 0.710. The first kappa shape index (κ1) is 15.2. The van der Waals surface area contributed by atoms with Gasteiger partial charge in [-0.3, -0.25) is 14.6 Å². The van der Waals surface area contributed by atoms with Crippen LogP contribution in [0.4, 0.5) is 0 Å². The van der Waals surface area contributed by atoms with Crippen LogP contribution in [0.5, 0.6) is 5.75 Å². The highest BCUT2D eigenvalue weighted by Gasteiger charge is 2.05. The number of primary amides is 1. The minimum Gasteiger partial charge on any atom is -0.483 e. The Morgan fingerprint density at radius 3 is 2.73 bits per heavy atom. The zero-order valence-electron chi connectivity index (χ0n) is 11.6. The van der Waals surface area contributed by atoms with E-state index in [1.165, 1.54) is 12.4 Å². The maximum atomic E-state index is 11.8. The second-order valence-electron chi connectivity index (χ2n) is 4.21. The molecule has 0 atom stereocenters. The maximum absolute atomic E-state index is 11.8. The van der Waals surface area contributed by atoms with Crippen LogP contribution >= 0.6 is 0 Å². The highest BCUT2D eigenvalue weighted by Crippen LogP contribution is 2.15. The largest absolute Gasteiger partial charge is 0.483 e. The van der Waals surface area contributed by atoms with Gasteiger partial charge in [0.05, 0.1) is 6.21 Å². The van der Waals surface area contributed by atoms with Crippen molar-refractivity contribution in [2.24, 2.45) is 10.8 Å². The molecule has 0 radical (unpaired) electrons. The van der Waals surface area contributed by atoms with Crippen LogP contribution < -0.4 is 15.9 Å². The fraction of sp³-hybridized carbons (Fsp3) is 0.0667. The van der Waals surface area contributed by atoms with Crippen molar-refractivity contribution in [2.75, 3.05) is 6.61 Å². The number of amides is 2. The fourth-order valence-corrected chi connectivity index (χ4v) is 1.58. The molecule has 0 aliphatic heterocycles. The van der Waals surface area contributed by atoms with Gasteiger partial charge in [0.25, 0.3) is 11.8 Å². The Balaban J connectivity index is 2.01. The lowest BCUT2D eigenvalue weighted by Crippen LogP contribution is -2.20. The van der Waals surface area contributed by atoms with Crippen molar-refractivity contribution in [3.8, 4) is 5.75 Å². The van der Waals surface area contributed by atoms with Gasteiger partial charge < -0.3 is 10.5 Å². The molecule has 1 heterocycles. The van der Waals surface area contributed by atoms with Crippen LogP contribution in [0.2, 0.25) is 0 Å². The Hall–Kier alpha value is -3.22. The van der Waals surface area contributed by atoms with Gasteiger partial charge in [0, 0.05) is 11.8 Å². The van der Waals surface area contributed by atoms with Crippen LogP contribution in [0.1, 0.15) is 16.1 Å². The molecule has 0 fully saturated rings. The molecular formula is C15H14N4O3. The molecule has 1 aromatic heterocycles. The maximum Gasteiger partial charge on any atom is 0.289 e. The molecule has 0 aliphatic carbocycles. The fourth-order valence-electron chi connectivity index (χ4n) is 1.58. The summed E-state index contributed by atoms with van der Waals surface area (Å²) in [6.45, 7) is -0.231. The van der Waals surface area contributed by atoms with Crippen molar-refractivity contribution < 1.29 is 14.3 Å². The summed E-state index contributed by atoms with van der Waals surface area (Å²) in [6.07, 6.45) is 2.93. The summed E-state index contributed by atoms with van der Waals surface area (Å²) in [5.41, 5.74) is 8.26. The summed E-state index contributed by atoms with van der Waals surface area (Å²) in [5, 5.41) is 3.84. The van der Waals surface area contributed by atoms with Gasteiger partial charge >= 0.3 is 0 Å². The van der Waals surface area contributed by atoms with Gasteiger partial charge in [-0.1, -0.05) is 18.2 Å². The molecule has 0 unspecified atom stereocenters. The quantitative estimate of drug-likeness (QED) is 0.605. The van der Waals surface area contributed by atoms with Crippen LogP contribution in [0.15, 0.2) is 53.8 Å². The van der Waals surface area contributed by atoms with Crippen molar-refractivity contribution in [1.29, 1.82) is 0 Å². The summed E-state index contributed by atoms with van der Waals surface area (Å²) < 4.78 is 5.25. The number of ether oxygens (including phenoxy) is 1. The number of carbonyl (C=O) groups excluding carboxylic acids is 2. The Labute approximate surface area is 126 Å². The molecule has 3 N–H and O–H groups in total. The number of hydrogen-bond donors (Lipinski definition) is 2. The van der Waals surface area contributed by atoms with Crippen molar-refractivity contribution in [3.05, 3.63) is 59.9 Å². The summed E-state index contributed by atoms with van der Waals surface area (Å²) >= 11 is 0. The first-order valence-electron chi connectivity index (χ1n) is 6.41. The standard InChI is InChI=1S/C15H14N4O3/c16-14(20)10-22-13-7-2-1-5-11(13)9-18-19-15(21)12-6-3-4-8-17-12/h1-9H,10H2,(H2,16,20)(H,19,21)/b18-9+. The Bertz CT molecular complexity index is 686. The molecular weight excluding hydrogens is 284 g/mol. The van der Waals surface area contributed by atoms with Gasteiger partial charge in [-0.15, -0.1) is 0 Å². The van der Waals surface area contributed by atoms with Crippen molar-refractivity contribution in [2.45, 2.75) is 0 Å². The van der Waals surface area contributed by atoms with Gasteiger partial charge in [0.15, 0.2) is 6.61 Å². The van der Waals surface area contributed by atoms with Crippen LogP contribution in [0, 0.1) is 0 Å². The van der Waals surface area contributed by atoms with E-state index in [0.717, 1.165) is 0 Å². The molecule has 1 aromatic carbocycles. The number of carbonyl (C=O) groups is 2. The lowest BCUT2D eigenvalue weighted by Gasteiger charge is -2.06. The first-order chi connectivity index (χ1) is 10.7. The molecule has 112 valence electrons. The molecule has 0 saturated carbocycles. The topological polar surface area (TPSA) is 107 Å². The minimum absolute atomic E-state index is 0.231. The Morgan fingerprint density at radius 1 is 1.23 bits per heavy atom. The Kier molecular flexibility index (Phi) is 5.20. The SMILES string of the molecule is NC(=O)COc1ccccc1/C=N/NC(=O)c1ccccn1. The number of nitrogens with zero attached hydrogens (tertiary/aromatic N) is 2. The van der Waals surface area contributed by atoms with Gasteiger partial charge in [0.1, 0.15) is 11.4 Å². The van der Waals surface area contributed by atoms with Crippen molar-refractivity contribution in [3.63, 3.8) is 0 Å². The van der Waals surface area contributed by atoms with E-state index in [0.29, 0.717) is 11.3 Å². The second-order valence-corrected chi connectivity index (χ2v) is 4.21. The van der Waals surface area contributed by atoms with E-state index < -0.39 is 11.8 Å². The van der Waals surface area contributed by atoms with E-state index in [-0.39, 0.29) is 12.3 Å². The molecule has 7 heteroatoms. The molecule has 0 spiro atoms. The van der Waals surface area contributed by atoms with E-state index in [4.69, 9.17) is 10.5 Å². The minimum atomic E-state index is -0.574. The van der Waals surface area contributed by atoms with Crippen molar-refractivity contribution >= 4 is 18.0 Å². The number of para-hydroxylation sites is 1. The molecule has 0 saturated heterocycles.